The molecule has 0 aromatic carbocycles. The van der Waals surface area contributed by atoms with Gasteiger partial charge in [0.1, 0.15) is 0 Å². The zero-order valence-electron chi connectivity index (χ0n) is 13.8. The van der Waals surface area contributed by atoms with Crippen LogP contribution in [0.2, 0.25) is 0 Å². The summed E-state index contributed by atoms with van der Waals surface area (Å²) in [6.45, 7) is 2.54. The van der Waals surface area contributed by atoms with Gasteiger partial charge in [0.05, 0.1) is 18.8 Å². The van der Waals surface area contributed by atoms with E-state index in [2.05, 4.69) is 106 Å². The molecule has 24 heavy (non-hydrogen) atoms. The highest BCUT2D eigenvalue weighted by Gasteiger charge is 2.11. The van der Waals surface area contributed by atoms with Crippen LogP contribution in [0.1, 0.15) is 0 Å². The van der Waals surface area contributed by atoms with Crippen molar-refractivity contribution in [2.75, 3.05) is 19.6 Å². The second-order valence-electron chi connectivity index (χ2n) is 5.55. The van der Waals surface area contributed by atoms with E-state index in [1.807, 2.05) is 12.2 Å². The minimum Gasteiger partial charge on any atom is -0.343 e. The average molecular weight is 317 g/mol. The smallest absolute Gasteiger partial charge is 0.0590 e. The largest absolute Gasteiger partial charge is 0.343 e. The van der Waals surface area contributed by atoms with Gasteiger partial charge in [-0.25, -0.2) is 0 Å². The Morgan fingerprint density at radius 1 is 0.542 bits per heavy atom. The molecule has 0 saturated carbocycles. The van der Waals surface area contributed by atoms with Crippen molar-refractivity contribution in [3.8, 4) is 0 Å². The zero-order valence-corrected chi connectivity index (χ0v) is 13.8. The Bertz CT molecular complexity index is 684. The molecule has 122 valence electrons. The molecule has 0 saturated heterocycles. The Hall–Kier alpha value is -2.94. The van der Waals surface area contributed by atoms with Gasteiger partial charge < -0.3 is 4.90 Å². The van der Waals surface area contributed by atoms with E-state index in [1.165, 1.54) is 0 Å². The van der Waals surface area contributed by atoms with Crippen LogP contribution in [0.4, 0.5) is 0 Å². The minimum absolute atomic E-state index is 0.836. The lowest BCUT2D eigenvalue weighted by Crippen LogP contribution is -2.36. The second kappa shape index (κ2) is 8.63. The fraction of sp³-hybridized carbons (Fsp3) is 0.143. The topological polar surface area (TPSA) is 9.72 Å². The molecule has 0 aromatic rings. The Morgan fingerprint density at radius 2 is 1.17 bits per heavy atom. The molecule has 3 rings (SSSR count). The van der Waals surface area contributed by atoms with E-state index in [0.717, 1.165) is 25.3 Å². The number of hydrogen-bond acceptors (Lipinski definition) is 3. The van der Waals surface area contributed by atoms with Crippen LogP contribution in [0.5, 0.6) is 0 Å². The van der Waals surface area contributed by atoms with Crippen molar-refractivity contribution in [3.05, 3.63) is 109 Å². The Balaban J connectivity index is 1.87. The summed E-state index contributed by atoms with van der Waals surface area (Å²) in [6.07, 6.45) is 35.8. The number of rotatable bonds is 2. The van der Waals surface area contributed by atoms with Crippen molar-refractivity contribution < 1.29 is 0 Å². The molecule has 0 atom stereocenters. The zero-order chi connectivity index (χ0) is 16.5. The second-order valence-corrected chi connectivity index (χ2v) is 5.55. The number of nitrogens with zero attached hydrogens (tertiary/aromatic N) is 3. The molecular formula is C21H23N3. The highest BCUT2D eigenvalue weighted by atomic mass is 15.6. The molecule has 0 bridgehead atoms. The van der Waals surface area contributed by atoms with Crippen LogP contribution in [0.15, 0.2) is 109 Å². The van der Waals surface area contributed by atoms with Gasteiger partial charge in [-0.15, -0.1) is 0 Å². The predicted octanol–water partition coefficient (Wildman–Crippen LogP) is 4.05. The lowest BCUT2D eigenvalue weighted by molar-refractivity contribution is 0.102. The Labute approximate surface area is 144 Å². The summed E-state index contributed by atoms with van der Waals surface area (Å²) in [6, 6.07) is 0. The summed E-state index contributed by atoms with van der Waals surface area (Å²) in [5.74, 6) is 0. The van der Waals surface area contributed by atoms with Crippen LogP contribution < -0.4 is 0 Å². The SMILES string of the molecule is C1=CC=CN(C2=CN(N3C=CC=CC=CC3)CC=CC=C2)CC=C1. The van der Waals surface area contributed by atoms with Gasteiger partial charge in [-0.3, -0.25) is 10.0 Å². The highest BCUT2D eigenvalue weighted by molar-refractivity contribution is 5.27. The van der Waals surface area contributed by atoms with E-state index < -0.39 is 0 Å². The molecule has 0 N–H and O–H groups in total. The summed E-state index contributed by atoms with van der Waals surface area (Å²) in [4.78, 5) is 2.24. The molecule has 3 heteroatoms. The first-order chi connectivity index (χ1) is 11.9. The molecule has 0 amide bonds. The molecule has 0 fully saturated rings. The maximum Gasteiger partial charge on any atom is 0.0590 e. The van der Waals surface area contributed by atoms with Gasteiger partial charge in [-0.2, -0.15) is 0 Å². The van der Waals surface area contributed by atoms with Crippen molar-refractivity contribution in [2.24, 2.45) is 0 Å². The third-order valence-electron chi connectivity index (χ3n) is 3.81. The van der Waals surface area contributed by atoms with Gasteiger partial charge in [-0.1, -0.05) is 66.8 Å². The maximum absolute atomic E-state index is 2.24. The number of hydrazine groups is 1. The van der Waals surface area contributed by atoms with Crippen LogP contribution in [0, 0.1) is 0 Å². The lowest BCUT2D eigenvalue weighted by atomic mass is 10.2. The minimum atomic E-state index is 0.836. The van der Waals surface area contributed by atoms with Crippen molar-refractivity contribution in [1.82, 2.24) is 14.9 Å². The van der Waals surface area contributed by atoms with E-state index in [4.69, 9.17) is 0 Å². The monoisotopic (exact) mass is 317 g/mol. The molecule has 0 aliphatic carbocycles. The van der Waals surface area contributed by atoms with Gasteiger partial charge in [-0.05, 0) is 18.2 Å². The van der Waals surface area contributed by atoms with E-state index >= 15 is 0 Å². The van der Waals surface area contributed by atoms with Crippen LogP contribution in [0.25, 0.3) is 0 Å². The molecular weight excluding hydrogens is 294 g/mol. The first kappa shape index (κ1) is 15.9. The van der Waals surface area contributed by atoms with Crippen LogP contribution in [-0.4, -0.2) is 34.6 Å². The molecule has 0 spiro atoms. The van der Waals surface area contributed by atoms with Gasteiger partial charge in [0.2, 0.25) is 0 Å². The van der Waals surface area contributed by atoms with Crippen molar-refractivity contribution in [3.63, 3.8) is 0 Å². The number of hydrogen-bond donors (Lipinski definition) is 0. The van der Waals surface area contributed by atoms with Crippen molar-refractivity contribution in [2.45, 2.75) is 0 Å². The highest BCUT2D eigenvalue weighted by Crippen LogP contribution is 2.15. The van der Waals surface area contributed by atoms with Crippen LogP contribution in [-0.2, 0) is 0 Å². The number of allylic oxidation sites excluding steroid dienone is 11. The summed E-state index contributed by atoms with van der Waals surface area (Å²) in [5.41, 5.74) is 1.16. The fourth-order valence-electron chi connectivity index (χ4n) is 2.56. The van der Waals surface area contributed by atoms with Gasteiger partial charge in [0.25, 0.3) is 0 Å². The molecule has 3 heterocycles. The quantitative estimate of drug-likeness (QED) is 0.760. The van der Waals surface area contributed by atoms with Gasteiger partial charge in [0.15, 0.2) is 0 Å². The molecule has 3 aliphatic rings. The molecule has 0 radical (unpaired) electrons. The first-order valence-electron chi connectivity index (χ1n) is 8.28. The fourth-order valence-corrected chi connectivity index (χ4v) is 2.56. The normalized spacial score (nSPS) is 20.3. The third-order valence-corrected chi connectivity index (χ3v) is 3.81. The van der Waals surface area contributed by atoms with E-state index in [0.29, 0.717) is 0 Å². The Morgan fingerprint density at radius 3 is 2.00 bits per heavy atom. The Kier molecular flexibility index (Phi) is 5.73. The third kappa shape index (κ3) is 4.53. The van der Waals surface area contributed by atoms with Crippen molar-refractivity contribution >= 4 is 0 Å². The molecule has 0 aromatic heterocycles. The summed E-state index contributed by atoms with van der Waals surface area (Å²) >= 11 is 0. The van der Waals surface area contributed by atoms with E-state index in [9.17, 15) is 0 Å². The van der Waals surface area contributed by atoms with Gasteiger partial charge >= 0.3 is 0 Å². The molecule has 0 unspecified atom stereocenters. The first-order valence-corrected chi connectivity index (χ1v) is 8.28. The van der Waals surface area contributed by atoms with E-state index in [1.54, 1.807) is 0 Å². The molecule has 3 aliphatic heterocycles. The standard InChI is InChI=1S/C21H23N3/c1-3-9-15-22(16-10-4-1)21-14-8-7-13-19-24(20-21)23-17-11-5-2-6-12-18-23/h1-15,17,20H,16,18-19H2. The van der Waals surface area contributed by atoms with Crippen LogP contribution in [0.3, 0.4) is 0 Å². The summed E-state index contributed by atoms with van der Waals surface area (Å²) < 4.78 is 0. The van der Waals surface area contributed by atoms with Crippen LogP contribution >= 0.6 is 0 Å². The average Bonchev–Trinajstić information content (AvgIpc) is 2.48. The van der Waals surface area contributed by atoms with Gasteiger partial charge in [0, 0.05) is 25.1 Å². The summed E-state index contributed by atoms with van der Waals surface area (Å²) in [7, 11) is 0. The maximum atomic E-state index is 2.24. The lowest BCUT2D eigenvalue weighted by Gasteiger charge is -2.34. The molecule has 3 nitrogen and oxygen atoms in total. The predicted molar refractivity (Wildman–Crippen MR) is 101 cm³/mol. The van der Waals surface area contributed by atoms with E-state index in [-0.39, 0.29) is 0 Å². The summed E-state index contributed by atoms with van der Waals surface area (Å²) in [5, 5.41) is 4.45. The van der Waals surface area contributed by atoms with Crippen molar-refractivity contribution in [1.29, 1.82) is 0 Å².